The van der Waals surface area contributed by atoms with Gasteiger partial charge < -0.3 is 15.5 Å². The lowest BCUT2D eigenvalue weighted by Crippen LogP contribution is -2.43. The predicted molar refractivity (Wildman–Crippen MR) is 104 cm³/mol. The zero-order valence-electron chi connectivity index (χ0n) is 15.3. The summed E-state index contributed by atoms with van der Waals surface area (Å²) in [4.78, 5) is 16.1. The van der Waals surface area contributed by atoms with E-state index in [0.717, 1.165) is 61.9 Å². The van der Waals surface area contributed by atoms with E-state index in [1.54, 1.807) is 0 Å². The van der Waals surface area contributed by atoms with Crippen LogP contribution in [0.1, 0.15) is 11.1 Å². The van der Waals surface area contributed by atoms with Gasteiger partial charge in [-0.2, -0.15) is 5.10 Å². The summed E-state index contributed by atoms with van der Waals surface area (Å²) < 4.78 is 1.89. The monoisotopic (exact) mass is 362 g/mol. The molecule has 0 aromatic carbocycles. The molecule has 8 nitrogen and oxygen atoms in total. The van der Waals surface area contributed by atoms with Crippen LogP contribution in [-0.4, -0.2) is 50.9 Å². The van der Waals surface area contributed by atoms with E-state index in [-0.39, 0.29) is 0 Å². The van der Waals surface area contributed by atoms with Crippen molar-refractivity contribution in [2.45, 2.75) is 12.8 Å². The zero-order chi connectivity index (χ0) is 18.2. The van der Waals surface area contributed by atoms with Gasteiger partial charge in [0.15, 0.2) is 0 Å². The highest BCUT2D eigenvalue weighted by molar-refractivity contribution is 5.67. The number of aryl methyl sites for hydroxylation is 3. The van der Waals surface area contributed by atoms with E-state index in [9.17, 15) is 0 Å². The molecule has 0 bridgehead atoms. The number of nitrogens with zero attached hydrogens (tertiary/aromatic N) is 6. The van der Waals surface area contributed by atoms with Crippen LogP contribution in [0.4, 0.5) is 17.5 Å². The molecule has 2 N–H and O–H groups in total. The highest BCUT2D eigenvalue weighted by Gasteiger charge is 2.22. The van der Waals surface area contributed by atoms with Crippen LogP contribution in [-0.2, 0) is 19.9 Å². The molecule has 3 aromatic rings. The molecule has 0 radical (unpaired) electrons. The van der Waals surface area contributed by atoms with Crippen molar-refractivity contribution in [3.8, 4) is 11.4 Å². The maximum Gasteiger partial charge on any atom is 0.228 e. The Bertz CT molecular complexity index is 956. The van der Waals surface area contributed by atoms with Crippen molar-refractivity contribution in [2.24, 2.45) is 7.05 Å². The molecule has 1 saturated heterocycles. The number of anilines is 3. The molecule has 0 unspecified atom stereocenters. The molecule has 2 aliphatic rings. The standard InChI is InChI=1S/C19H22N8/c1-26-18-14(11-23-26)3-2-13-10-22-19(25-17(13)18)24-16-5-4-15(12-21-16)27-8-6-20-7-9-27/h4-5,10-12,20H,2-3,6-9H2,1H3,(H,21,22,24,25). The van der Waals surface area contributed by atoms with Crippen molar-refractivity contribution in [3.05, 3.63) is 41.9 Å². The van der Waals surface area contributed by atoms with Gasteiger partial charge in [0.05, 0.1) is 29.5 Å². The average molecular weight is 362 g/mol. The molecule has 0 amide bonds. The third-order valence-electron chi connectivity index (χ3n) is 5.24. The van der Waals surface area contributed by atoms with Gasteiger partial charge in [0, 0.05) is 39.4 Å². The number of hydrogen-bond donors (Lipinski definition) is 2. The second kappa shape index (κ2) is 6.62. The Morgan fingerprint density at radius 1 is 1.00 bits per heavy atom. The van der Waals surface area contributed by atoms with Crippen molar-refractivity contribution >= 4 is 17.5 Å². The smallest absolute Gasteiger partial charge is 0.228 e. The summed E-state index contributed by atoms with van der Waals surface area (Å²) in [5.41, 5.74) is 5.61. The Hall–Kier alpha value is -3.00. The molecule has 3 aromatic heterocycles. The van der Waals surface area contributed by atoms with Gasteiger partial charge in [-0.25, -0.2) is 15.0 Å². The molecule has 0 saturated carbocycles. The minimum absolute atomic E-state index is 0.560. The minimum Gasteiger partial charge on any atom is -0.368 e. The lowest BCUT2D eigenvalue weighted by Gasteiger charge is -2.29. The topological polar surface area (TPSA) is 83.8 Å². The maximum absolute atomic E-state index is 4.75. The number of pyridine rings is 1. The summed E-state index contributed by atoms with van der Waals surface area (Å²) in [5, 5.41) is 11.0. The highest BCUT2D eigenvalue weighted by Crippen LogP contribution is 2.31. The summed E-state index contributed by atoms with van der Waals surface area (Å²) >= 11 is 0. The summed E-state index contributed by atoms with van der Waals surface area (Å²) in [6, 6.07) is 4.08. The lowest BCUT2D eigenvalue weighted by atomic mass is 9.95. The van der Waals surface area contributed by atoms with Crippen LogP contribution in [0.3, 0.4) is 0 Å². The van der Waals surface area contributed by atoms with E-state index >= 15 is 0 Å². The van der Waals surface area contributed by atoms with Crippen molar-refractivity contribution in [2.75, 3.05) is 36.4 Å². The molecule has 5 rings (SSSR count). The van der Waals surface area contributed by atoms with Crippen molar-refractivity contribution < 1.29 is 0 Å². The number of piperazine rings is 1. The van der Waals surface area contributed by atoms with E-state index in [1.165, 1.54) is 11.1 Å². The number of rotatable bonds is 3. The first kappa shape index (κ1) is 16.2. The van der Waals surface area contributed by atoms with Crippen molar-refractivity contribution in [1.82, 2.24) is 30.0 Å². The molecule has 0 spiro atoms. The van der Waals surface area contributed by atoms with Crippen molar-refractivity contribution in [1.29, 1.82) is 0 Å². The van der Waals surface area contributed by atoms with Gasteiger partial charge in [-0.1, -0.05) is 0 Å². The molecule has 4 heterocycles. The van der Waals surface area contributed by atoms with Crippen LogP contribution >= 0.6 is 0 Å². The van der Waals surface area contributed by atoms with Gasteiger partial charge in [0.25, 0.3) is 0 Å². The summed E-state index contributed by atoms with van der Waals surface area (Å²) in [6.45, 7) is 4.04. The molecule has 138 valence electrons. The van der Waals surface area contributed by atoms with Crippen LogP contribution in [0.15, 0.2) is 30.7 Å². The fraction of sp³-hybridized carbons (Fsp3) is 0.368. The molecular weight excluding hydrogens is 340 g/mol. The van der Waals surface area contributed by atoms with Crippen LogP contribution in [0, 0.1) is 0 Å². The predicted octanol–water partition coefficient (Wildman–Crippen LogP) is 1.52. The van der Waals surface area contributed by atoms with Gasteiger partial charge in [0.2, 0.25) is 5.95 Å². The fourth-order valence-corrected chi connectivity index (χ4v) is 3.78. The van der Waals surface area contributed by atoms with E-state index < -0.39 is 0 Å². The van der Waals surface area contributed by atoms with Crippen LogP contribution in [0.2, 0.25) is 0 Å². The van der Waals surface area contributed by atoms with E-state index in [0.29, 0.717) is 5.95 Å². The molecule has 8 heteroatoms. The highest BCUT2D eigenvalue weighted by atomic mass is 15.3. The van der Waals surface area contributed by atoms with Crippen LogP contribution in [0.25, 0.3) is 11.4 Å². The maximum atomic E-state index is 4.75. The second-order valence-electron chi connectivity index (χ2n) is 6.97. The number of nitrogens with one attached hydrogen (secondary N) is 2. The Morgan fingerprint density at radius 2 is 1.85 bits per heavy atom. The van der Waals surface area contributed by atoms with Gasteiger partial charge in [-0.05, 0) is 36.1 Å². The Labute approximate surface area is 157 Å². The Kier molecular flexibility index (Phi) is 3.97. The van der Waals surface area contributed by atoms with Gasteiger partial charge in [-0.3, -0.25) is 4.68 Å². The summed E-state index contributed by atoms with van der Waals surface area (Å²) in [7, 11) is 1.96. The fourth-order valence-electron chi connectivity index (χ4n) is 3.78. The third-order valence-corrected chi connectivity index (χ3v) is 5.24. The van der Waals surface area contributed by atoms with Gasteiger partial charge >= 0.3 is 0 Å². The number of aromatic nitrogens is 5. The van der Waals surface area contributed by atoms with Gasteiger partial charge in [-0.15, -0.1) is 0 Å². The SMILES string of the molecule is Cn1ncc2c1-c1nc(Nc3ccc(N4CCNCC4)cn3)ncc1CC2. The molecular formula is C19H22N8. The average Bonchev–Trinajstić information content (AvgIpc) is 3.11. The zero-order valence-corrected chi connectivity index (χ0v) is 15.3. The molecule has 1 aliphatic heterocycles. The van der Waals surface area contributed by atoms with Crippen LogP contribution < -0.4 is 15.5 Å². The first-order valence-electron chi connectivity index (χ1n) is 9.34. The minimum atomic E-state index is 0.560. The Morgan fingerprint density at radius 3 is 2.67 bits per heavy atom. The number of fused-ring (bicyclic) bond motifs is 3. The van der Waals surface area contributed by atoms with Gasteiger partial charge in [0.1, 0.15) is 5.82 Å². The molecule has 1 aliphatic carbocycles. The largest absolute Gasteiger partial charge is 0.368 e. The Balaban J connectivity index is 1.38. The normalized spacial score (nSPS) is 16.0. The first-order valence-corrected chi connectivity index (χ1v) is 9.34. The first-order chi connectivity index (χ1) is 13.3. The number of hydrogen-bond acceptors (Lipinski definition) is 7. The van der Waals surface area contributed by atoms with E-state index in [1.807, 2.05) is 36.4 Å². The molecule has 27 heavy (non-hydrogen) atoms. The van der Waals surface area contributed by atoms with Crippen LogP contribution in [0.5, 0.6) is 0 Å². The summed E-state index contributed by atoms with van der Waals surface area (Å²) in [6.07, 6.45) is 7.69. The quantitative estimate of drug-likeness (QED) is 0.731. The lowest BCUT2D eigenvalue weighted by molar-refractivity contribution is 0.589. The molecule has 1 fully saturated rings. The molecule has 0 atom stereocenters. The summed E-state index contributed by atoms with van der Waals surface area (Å²) in [5.74, 6) is 1.31. The van der Waals surface area contributed by atoms with E-state index in [4.69, 9.17) is 4.98 Å². The second-order valence-corrected chi connectivity index (χ2v) is 6.97. The van der Waals surface area contributed by atoms with Crippen molar-refractivity contribution in [3.63, 3.8) is 0 Å². The van der Waals surface area contributed by atoms with E-state index in [2.05, 4.69) is 36.7 Å². The third kappa shape index (κ3) is 3.02.